The molecule has 24 heavy (non-hydrogen) atoms. The second kappa shape index (κ2) is 7.07. The lowest BCUT2D eigenvalue weighted by molar-refractivity contribution is -0.124. The highest BCUT2D eigenvalue weighted by atomic mass is 16.7. The minimum absolute atomic E-state index is 0.0654. The molecule has 0 aromatic heterocycles. The fraction of sp³-hybridized carbons (Fsp3) is 0.400. The van der Waals surface area contributed by atoms with Gasteiger partial charge in [-0.3, -0.25) is 14.7 Å². The van der Waals surface area contributed by atoms with Crippen LogP contribution in [-0.4, -0.2) is 56.3 Å². The molecule has 3 amide bonds. The number of ether oxygens (including phenoxy) is 2. The molecule has 3 rings (SSSR count). The molecule has 0 spiro atoms. The highest BCUT2D eigenvalue weighted by molar-refractivity contribution is 6.01. The zero-order chi connectivity index (χ0) is 16.9. The summed E-state index contributed by atoms with van der Waals surface area (Å²) in [5.41, 5.74) is 1.02. The molecular formula is C15H19N5O4. The minimum atomic E-state index is -0.356. The fourth-order valence-electron chi connectivity index (χ4n) is 2.43. The Morgan fingerprint density at radius 2 is 2.12 bits per heavy atom. The molecular weight excluding hydrogens is 314 g/mol. The van der Waals surface area contributed by atoms with E-state index >= 15 is 0 Å². The van der Waals surface area contributed by atoms with Crippen LogP contribution < -0.4 is 25.4 Å². The van der Waals surface area contributed by atoms with Crippen LogP contribution in [0.4, 0.5) is 4.79 Å². The Kier molecular flexibility index (Phi) is 4.69. The number of nitrogens with one attached hydrogen (secondary N) is 3. The molecule has 2 aliphatic heterocycles. The summed E-state index contributed by atoms with van der Waals surface area (Å²) < 4.78 is 10.6. The summed E-state index contributed by atoms with van der Waals surface area (Å²) in [6.45, 7) is 1.57. The van der Waals surface area contributed by atoms with Gasteiger partial charge in [0, 0.05) is 26.7 Å². The van der Waals surface area contributed by atoms with Gasteiger partial charge in [-0.25, -0.2) is 4.79 Å². The average Bonchev–Trinajstić information content (AvgIpc) is 3.18. The van der Waals surface area contributed by atoms with Crippen molar-refractivity contribution in [2.75, 3.05) is 33.5 Å². The normalized spacial score (nSPS) is 16.4. The van der Waals surface area contributed by atoms with Crippen molar-refractivity contribution in [3.8, 4) is 11.5 Å². The van der Waals surface area contributed by atoms with Gasteiger partial charge in [0.1, 0.15) is 0 Å². The van der Waals surface area contributed by atoms with Crippen LogP contribution in [-0.2, 0) is 11.3 Å². The second-order valence-electron chi connectivity index (χ2n) is 5.24. The smallest absolute Gasteiger partial charge is 0.324 e. The highest BCUT2D eigenvalue weighted by Crippen LogP contribution is 2.32. The van der Waals surface area contributed by atoms with Gasteiger partial charge in [-0.2, -0.15) is 0 Å². The number of aliphatic imine (C=N–C) groups is 1. The van der Waals surface area contributed by atoms with Gasteiger partial charge < -0.3 is 25.4 Å². The third-order valence-electron chi connectivity index (χ3n) is 3.69. The third kappa shape index (κ3) is 3.50. The van der Waals surface area contributed by atoms with Crippen molar-refractivity contribution in [3.63, 3.8) is 0 Å². The Morgan fingerprint density at radius 3 is 2.88 bits per heavy atom. The van der Waals surface area contributed by atoms with Gasteiger partial charge in [0.05, 0.1) is 6.54 Å². The maximum atomic E-state index is 11.5. The second-order valence-corrected chi connectivity index (χ2v) is 5.24. The number of fused-ring (bicyclic) bond motifs is 1. The van der Waals surface area contributed by atoms with Crippen LogP contribution in [0, 0.1) is 0 Å². The van der Waals surface area contributed by atoms with Gasteiger partial charge in [0.15, 0.2) is 17.5 Å². The number of hydrogen-bond donors (Lipinski definition) is 3. The van der Waals surface area contributed by atoms with Crippen LogP contribution in [0.1, 0.15) is 5.56 Å². The third-order valence-corrected chi connectivity index (χ3v) is 3.69. The number of imide groups is 1. The van der Waals surface area contributed by atoms with Crippen LogP contribution in [0.15, 0.2) is 23.2 Å². The lowest BCUT2D eigenvalue weighted by atomic mass is 10.2. The van der Waals surface area contributed by atoms with E-state index in [0.717, 1.165) is 17.1 Å². The minimum Gasteiger partial charge on any atom is -0.454 e. The number of hydrogen-bond acceptors (Lipinski definition) is 5. The first kappa shape index (κ1) is 15.9. The quantitative estimate of drug-likeness (QED) is 0.386. The Bertz CT molecular complexity index is 660. The first-order chi connectivity index (χ1) is 11.7. The Hall–Kier alpha value is -2.97. The van der Waals surface area contributed by atoms with E-state index in [1.54, 1.807) is 7.05 Å². The molecule has 1 aromatic rings. The SMILES string of the molecule is CN=C(NCCN1C(=O)CNC1=O)NCc1ccc2c(c1)OCO2. The summed E-state index contributed by atoms with van der Waals surface area (Å²) in [7, 11) is 1.66. The molecule has 3 N–H and O–H groups in total. The molecule has 0 atom stereocenters. The number of urea groups is 1. The molecule has 9 heteroatoms. The number of guanidine groups is 1. The Balaban J connectivity index is 1.45. The Morgan fingerprint density at radius 1 is 1.29 bits per heavy atom. The van der Waals surface area contributed by atoms with Gasteiger partial charge in [-0.05, 0) is 17.7 Å². The van der Waals surface area contributed by atoms with Crippen molar-refractivity contribution >= 4 is 17.9 Å². The lowest BCUT2D eigenvalue weighted by Crippen LogP contribution is -2.43. The van der Waals surface area contributed by atoms with Gasteiger partial charge in [0.25, 0.3) is 0 Å². The van der Waals surface area contributed by atoms with Crippen molar-refractivity contribution in [2.24, 2.45) is 4.99 Å². The van der Waals surface area contributed by atoms with Crippen LogP contribution in [0.5, 0.6) is 11.5 Å². The van der Waals surface area contributed by atoms with Crippen molar-refractivity contribution in [2.45, 2.75) is 6.54 Å². The first-order valence-corrected chi connectivity index (χ1v) is 7.58. The van der Waals surface area contributed by atoms with E-state index in [1.807, 2.05) is 18.2 Å². The topological polar surface area (TPSA) is 104 Å². The first-order valence-electron chi connectivity index (χ1n) is 7.58. The molecule has 1 aromatic carbocycles. The van der Waals surface area contributed by atoms with E-state index in [2.05, 4.69) is 20.9 Å². The van der Waals surface area contributed by atoms with Crippen molar-refractivity contribution in [1.29, 1.82) is 0 Å². The van der Waals surface area contributed by atoms with Crippen LogP contribution in [0.3, 0.4) is 0 Å². The maximum Gasteiger partial charge on any atom is 0.324 e. The summed E-state index contributed by atoms with van der Waals surface area (Å²) in [5.74, 6) is 1.84. The van der Waals surface area contributed by atoms with Crippen molar-refractivity contribution < 1.29 is 19.1 Å². The number of carbonyl (C=O) groups excluding carboxylic acids is 2. The maximum absolute atomic E-state index is 11.5. The van der Waals surface area contributed by atoms with Gasteiger partial charge in [-0.15, -0.1) is 0 Å². The van der Waals surface area contributed by atoms with E-state index in [1.165, 1.54) is 4.90 Å². The predicted octanol–water partition coefficient (Wildman–Crippen LogP) is -0.368. The van der Waals surface area contributed by atoms with Crippen LogP contribution in [0.2, 0.25) is 0 Å². The van der Waals surface area contributed by atoms with Gasteiger partial charge in [0.2, 0.25) is 12.7 Å². The van der Waals surface area contributed by atoms with Gasteiger partial charge in [-0.1, -0.05) is 6.07 Å². The number of rotatable bonds is 5. The van der Waals surface area contributed by atoms with E-state index in [0.29, 0.717) is 19.0 Å². The molecule has 2 aliphatic rings. The van der Waals surface area contributed by atoms with E-state index < -0.39 is 0 Å². The van der Waals surface area contributed by atoms with Crippen molar-refractivity contribution in [1.82, 2.24) is 20.9 Å². The zero-order valence-electron chi connectivity index (χ0n) is 13.3. The molecule has 0 aliphatic carbocycles. The molecule has 1 saturated heterocycles. The van der Waals surface area contributed by atoms with Gasteiger partial charge >= 0.3 is 6.03 Å². The fourth-order valence-corrected chi connectivity index (χ4v) is 2.43. The van der Waals surface area contributed by atoms with Crippen molar-refractivity contribution in [3.05, 3.63) is 23.8 Å². The Labute approximate surface area is 139 Å². The standard InChI is InChI=1S/C15H19N5O4/c1-16-14(17-4-5-20-13(21)8-19-15(20)22)18-7-10-2-3-11-12(6-10)24-9-23-11/h2-3,6H,4-5,7-9H2,1H3,(H,19,22)(H2,16,17,18). The molecule has 0 unspecified atom stereocenters. The number of carbonyl (C=O) groups is 2. The monoisotopic (exact) mass is 333 g/mol. The summed E-state index contributed by atoms with van der Waals surface area (Å²) in [6, 6.07) is 5.37. The molecule has 1 fully saturated rings. The summed E-state index contributed by atoms with van der Waals surface area (Å²) in [6.07, 6.45) is 0. The summed E-state index contributed by atoms with van der Waals surface area (Å²) in [5, 5.41) is 8.71. The zero-order valence-corrected chi connectivity index (χ0v) is 13.3. The number of amides is 3. The van der Waals surface area contributed by atoms with E-state index in [9.17, 15) is 9.59 Å². The summed E-state index contributed by atoms with van der Waals surface area (Å²) >= 11 is 0. The highest BCUT2D eigenvalue weighted by Gasteiger charge is 2.27. The average molecular weight is 333 g/mol. The molecule has 9 nitrogen and oxygen atoms in total. The lowest BCUT2D eigenvalue weighted by Gasteiger charge is -2.15. The molecule has 0 bridgehead atoms. The van der Waals surface area contributed by atoms with Crippen LogP contribution in [0.25, 0.3) is 0 Å². The van der Waals surface area contributed by atoms with E-state index in [-0.39, 0.29) is 31.8 Å². The molecule has 128 valence electrons. The molecule has 0 radical (unpaired) electrons. The van der Waals surface area contributed by atoms with Crippen LogP contribution >= 0.6 is 0 Å². The number of nitrogens with zero attached hydrogens (tertiary/aromatic N) is 2. The molecule has 0 saturated carbocycles. The number of benzene rings is 1. The summed E-state index contributed by atoms with van der Waals surface area (Å²) in [4.78, 5) is 28.2. The largest absolute Gasteiger partial charge is 0.454 e. The van der Waals surface area contributed by atoms with E-state index in [4.69, 9.17) is 9.47 Å². The molecule has 2 heterocycles. The predicted molar refractivity (Wildman–Crippen MR) is 85.9 cm³/mol.